The summed E-state index contributed by atoms with van der Waals surface area (Å²) in [6.45, 7) is 11.7. The van der Waals surface area contributed by atoms with Crippen molar-refractivity contribution in [2.45, 2.75) is 71.9 Å². The normalized spacial score (nSPS) is 12.2. The van der Waals surface area contributed by atoms with Crippen molar-refractivity contribution in [1.29, 1.82) is 0 Å². The van der Waals surface area contributed by atoms with E-state index in [0.717, 1.165) is 22.8 Å². The zero-order chi connectivity index (χ0) is 27.7. The Balaban J connectivity index is 0.00000112. The Morgan fingerprint density at radius 1 is 1.11 bits per heavy atom. The molecule has 3 N–H and O–H groups in total. The number of hydrogen-bond acceptors (Lipinski definition) is 4. The van der Waals surface area contributed by atoms with Gasteiger partial charge in [0.05, 0.1) is 16.6 Å². The molecule has 0 fully saturated rings. The SMILES string of the molecule is CC(=O)N(c1cc(F)c(S(=O)Nc2cccc(F)n2)cc1C)[C@H](C)c1cccc(CN)c1C.CCCC. The van der Waals surface area contributed by atoms with Gasteiger partial charge in [-0.15, -0.1) is 0 Å². The maximum Gasteiger partial charge on any atom is 0.224 e. The van der Waals surface area contributed by atoms with Crippen LogP contribution in [0.4, 0.5) is 20.3 Å². The van der Waals surface area contributed by atoms with E-state index >= 15 is 4.39 Å². The first kappa shape index (κ1) is 30.1. The van der Waals surface area contributed by atoms with Crippen molar-refractivity contribution in [3.63, 3.8) is 0 Å². The van der Waals surface area contributed by atoms with E-state index < -0.39 is 28.8 Å². The van der Waals surface area contributed by atoms with E-state index in [1.807, 2.05) is 32.0 Å². The molecule has 6 nitrogen and oxygen atoms in total. The molecule has 37 heavy (non-hydrogen) atoms. The predicted octanol–water partition coefficient (Wildman–Crippen LogP) is 6.49. The fourth-order valence-electron chi connectivity index (χ4n) is 3.83. The van der Waals surface area contributed by atoms with Crippen LogP contribution in [0, 0.1) is 25.6 Å². The van der Waals surface area contributed by atoms with Crippen LogP contribution < -0.4 is 15.4 Å². The molecule has 0 radical (unpaired) electrons. The molecule has 0 spiro atoms. The number of pyridine rings is 1. The molecule has 2 aromatic carbocycles. The minimum Gasteiger partial charge on any atom is -0.326 e. The van der Waals surface area contributed by atoms with Crippen molar-refractivity contribution in [2.75, 3.05) is 9.62 Å². The molecular formula is C28H36F2N4O2S. The highest BCUT2D eigenvalue weighted by atomic mass is 32.2. The summed E-state index contributed by atoms with van der Waals surface area (Å²) in [5.41, 5.74) is 9.60. The van der Waals surface area contributed by atoms with E-state index in [2.05, 4.69) is 23.6 Å². The highest BCUT2D eigenvalue weighted by Gasteiger charge is 2.26. The first-order valence-corrected chi connectivity index (χ1v) is 13.4. The van der Waals surface area contributed by atoms with E-state index in [1.165, 1.54) is 48.9 Å². The first-order chi connectivity index (χ1) is 17.5. The monoisotopic (exact) mass is 530 g/mol. The maximum atomic E-state index is 15.1. The molecule has 0 aliphatic heterocycles. The predicted molar refractivity (Wildman–Crippen MR) is 147 cm³/mol. The number of hydrogen-bond donors (Lipinski definition) is 2. The number of nitrogens with one attached hydrogen (secondary N) is 1. The largest absolute Gasteiger partial charge is 0.326 e. The van der Waals surface area contributed by atoms with Gasteiger partial charge in [-0.05, 0) is 67.3 Å². The third-order valence-electron chi connectivity index (χ3n) is 6.01. The lowest BCUT2D eigenvalue weighted by atomic mass is 9.96. The summed E-state index contributed by atoms with van der Waals surface area (Å²) in [5.74, 6) is -1.75. The van der Waals surface area contributed by atoms with Gasteiger partial charge in [0.2, 0.25) is 11.9 Å². The van der Waals surface area contributed by atoms with Gasteiger partial charge in [-0.3, -0.25) is 9.52 Å². The van der Waals surface area contributed by atoms with Crippen molar-refractivity contribution < 1.29 is 17.8 Å². The zero-order valence-corrected chi connectivity index (χ0v) is 23.1. The molecule has 1 heterocycles. The number of nitrogens with zero attached hydrogens (tertiary/aromatic N) is 2. The molecule has 200 valence electrons. The Morgan fingerprint density at radius 3 is 2.32 bits per heavy atom. The Hall–Kier alpha value is -3.17. The van der Waals surface area contributed by atoms with Crippen LogP contribution in [0.15, 0.2) is 53.4 Å². The van der Waals surface area contributed by atoms with Crippen LogP contribution in [0.2, 0.25) is 0 Å². The number of nitrogens with two attached hydrogens (primary N) is 1. The van der Waals surface area contributed by atoms with Crippen LogP contribution in [0.25, 0.3) is 0 Å². The van der Waals surface area contributed by atoms with E-state index in [0.29, 0.717) is 17.8 Å². The fraction of sp³-hybridized carbons (Fsp3) is 0.357. The standard InChI is InChI=1S/C24H26F2N4O2S.C4H10/c1-14-11-22(33(32)29-24-10-6-9-23(26)28-24)20(25)12-21(14)30(17(4)31)16(3)19-8-5-7-18(13-27)15(19)2;1-3-4-2/h5-12,16H,13,27H2,1-4H3,(H,28,29);3-4H2,1-2H3/t16-,33?;/m1./s1. The molecule has 9 heteroatoms. The van der Waals surface area contributed by atoms with E-state index in [1.54, 1.807) is 6.92 Å². The van der Waals surface area contributed by atoms with Gasteiger partial charge in [0.1, 0.15) is 11.6 Å². The lowest BCUT2D eigenvalue weighted by Gasteiger charge is -2.31. The summed E-state index contributed by atoms with van der Waals surface area (Å²) in [4.78, 5) is 17.6. The van der Waals surface area contributed by atoms with Crippen LogP contribution in [0.1, 0.15) is 68.8 Å². The number of aromatic nitrogens is 1. The second-order valence-electron chi connectivity index (χ2n) is 8.69. The van der Waals surface area contributed by atoms with Gasteiger partial charge < -0.3 is 10.6 Å². The molecule has 0 saturated carbocycles. The average molecular weight is 531 g/mol. The van der Waals surface area contributed by atoms with E-state index in [4.69, 9.17) is 5.73 Å². The van der Waals surface area contributed by atoms with Crippen molar-refractivity contribution in [1.82, 2.24) is 4.98 Å². The number of amides is 1. The average Bonchev–Trinajstić information content (AvgIpc) is 2.86. The van der Waals surface area contributed by atoms with Gasteiger partial charge in [-0.2, -0.15) is 4.39 Å². The number of benzene rings is 2. The summed E-state index contributed by atoms with van der Waals surface area (Å²) in [6, 6.07) is 11.9. The molecule has 3 rings (SSSR count). The van der Waals surface area contributed by atoms with E-state index in [-0.39, 0.29) is 16.6 Å². The highest BCUT2D eigenvalue weighted by molar-refractivity contribution is 7.86. The van der Waals surface area contributed by atoms with Gasteiger partial charge in [-0.1, -0.05) is 51.0 Å². The van der Waals surface area contributed by atoms with Crippen molar-refractivity contribution in [3.05, 3.63) is 82.5 Å². The van der Waals surface area contributed by atoms with Gasteiger partial charge >= 0.3 is 0 Å². The molecule has 0 bridgehead atoms. The van der Waals surface area contributed by atoms with Crippen molar-refractivity contribution >= 4 is 28.4 Å². The molecular weight excluding hydrogens is 494 g/mol. The lowest BCUT2D eigenvalue weighted by molar-refractivity contribution is -0.117. The Labute approximate surface area is 220 Å². The number of anilines is 2. The molecule has 0 saturated heterocycles. The number of carbonyl (C=O) groups excluding carboxylic acids is 1. The minimum absolute atomic E-state index is 0.0173. The molecule has 2 atom stereocenters. The lowest BCUT2D eigenvalue weighted by Crippen LogP contribution is -2.33. The highest BCUT2D eigenvalue weighted by Crippen LogP contribution is 2.34. The quantitative estimate of drug-likeness (QED) is 0.326. The van der Waals surface area contributed by atoms with Crippen LogP contribution >= 0.6 is 0 Å². The van der Waals surface area contributed by atoms with Gasteiger partial charge in [-0.25, -0.2) is 13.6 Å². The maximum absolute atomic E-state index is 15.1. The van der Waals surface area contributed by atoms with Gasteiger partial charge in [0.15, 0.2) is 11.0 Å². The summed E-state index contributed by atoms with van der Waals surface area (Å²) >= 11 is 0. The summed E-state index contributed by atoms with van der Waals surface area (Å²) in [7, 11) is -2.02. The number of unbranched alkanes of at least 4 members (excludes halogenated alkanes) is 1. The second-order valence-corrected chi connectivity index (χ2v) is 9.87. The summed E-state index contributed by atoms with van der Waals surface area (Å²) in [5, 5.41) is 0. The zero-order valence-electron chi connectivity index (χ0n) is 22.3. The molecule has 1 aromatic heterocycles. The molecule has 0 aliphatic carbocycles. The Morgan fingerprint density at radius 2 is 1.76 bits per heavy atom. The number of aryl methyl sites for hydroxylation is 1. The van der Waals surface area contributed by atoms with E-state index in [9.17, 15) is 13.4 Å². The van der Waals surface area contributed by atoms with Gasteiger partial charge in [0.25, 0.3) is 0 Å². The molecule has 3 aromatic rings. The van der Waals surface area contributed by atoms with Crippen LogP contribution in [-0.2, 0) is 22.3 Å². The first-order valence-electron chi connectivity index (χ1n) is 12.2. The number of halogens is 2. The fourth-order valence-corrected chi connectivity index (χ4v) is 4.76. The van der Waals surface area contributed by atoms with Gasteiger partial charge in [0, 0.05) is 13.5 Å². The third kappa shape index (κ3) is 7.66. The summed E-state index contributed by atoms with van der Waals surface area (Å²) in [6.07, 6.45) is 2.64. The number of carbonyl (C=O) groups is 1. The van der Waals surface area contributed by atoms with Crippen LogP contribution in [-0.4, -0.2) is 15.1 Å². The van der Waals surface area contributed by atoms with Crippen molar-refractivity contribution in [3.8, 4) is 0 Å². The smallest absolute Gasteiger partial charge is 0.224 e. The molecule has 1 amide bonds. The molecule has 1 unspecified atom stereocenters. The van der Waals surface area contributed by atoms with Crippen LogP contribution in [0.3, 0.4) is 0 Å². The molecule has 0 aliphatic rings. The van der Waals surface area contributed by atoms with Crippen LogP contribution in [0.5, 0.6) is 0 Å². The minimum atomic E-state index is -2.02. The Bertz CT molecular complexity index is 1250. The summed E-state index contributed by atoms with van der Waals surface area (Å²) < 4.78 is 43.6. The third-order valence-corrected chi connectivity index (χ3v) is 7.11. The Kier molecular flexibility index (Phi) is 11.3. The van der Waals surface area contributed by atoms with Crippen molar-refractivity contribution in [2.24, 2.45) is 5.73 Å². The second kappa shape index (κ2) is 13.9. The topological polar surface area (TPSA) is 88.3 Å². The number of rotatable bonds is 8.